The van der Waals surface area contributed by atoms with Crippen LogP contribution in [-0.4, -0.2) is 11.0 Å². The SMILES string of the molecule is C[C@@H](N)Cc1nc2ccccc2s1. The maximum Gasteiger partial charge on any atom is 0.0953 e. The first-order valence-electron chi connectivity index (χ1n) is 4.36. The van der Waals surface area contributed by atoms with E-state index in [0.29, 0.717) is 0 Å². The number of benzene rings is 1. The summed E-state index contributed by atoms with van der Waals surface area (Å²) in [6, 6.07) is 8.38. The molecule has 1 atom stereocenters. The smallest absolute Gasteiger partial charge is 0.0953 e. The van der Waals surface area contributed by atoms with E-state index in [2.05, 4.69) is 11.1 Å². The molecular formula is C10H12N2S. The van der Waals surface area contributed by atoms with Gasteiger partial charge in [0.25, 0.3) is 0 Å². The molecule has 0 saturated heterocycles. The average molecular weight is 192 g/mol. The molecule has 1 aromatic carbocycles. The van der Waals surface area contributed by atoms with Gasteiger partial charge in [-0.25, -0.2) is 4.98 Å². The Morgan fingerprint density at radius 3 is 2.92 bits per heavy atom. The lowest BCUT2D eigenvalue weighted by atomic mass is 10.3. The van der Waals surface area contributed by atoms with Crippen LogP contribution in [-0.2, 0) is 6.42 Å². The Morgan fingerprint density at radius 2 is 2.23 bits per heavy atom. The van der Waals surface area contributed by atoms with Gasteiger partial charge in [0.05, 0.1) is 15.2 Å². The van der Waals surface area contributed by atoms with Crippen molar-refractivity contribution in [2.24, 2.45) is 5.73 Å². The third-order valence-electron chi connectivity index (χ3n) is 1.83. The number of nitrogens with zero attached hydrogens (tertiary/aromatic N) is 1. The Labute approximate surface area is 81.4 Å². The van der Waals surface area contributed by atoms with Crippen LogP contribution in [0.5, 0.6) is 0 Å². The first-order valence-corrected chi connectivity index (χ1v) is 5.17. The molecule has 1 heterocycles. The second-order valence-corrected chi connectivity index (χ2v) is 4.37. The van der Waals surface area contributed by atoms with Crippen molar-refractivity contribution >= 4 is 21.6 Å². The first kappa shape index (κ1) is 8.66. The molecule has 0 fully saturated rings. The molecule has 2 nitrogen and oxygen atoms in total. The Balaban J connectivity index is 2.38. The van der Waals surface area contributed by atoms with E-state index in [1.807, 2.05) is 25.1 Å². The highest BCUT2D eigenvalue weighted by molar-refractivity contribution is 7.18. The number of fused-ring (bicyclic) bond motifs is 1. The van der Waals surface area contributed by atoms with E-state index in [0.717, 1.165) is 16.9 Å². The molecule has 2 aromatic rings. The van der Waals surface area contributed by atoms with Crippen molar-refractivity contribution in [2.45, 2.75) is 19.4 Å². The van der Waals surface area contributed by atoms with Gasteiger partial charge in [0.1, 0.15) is 0 Å². The predicted octanol–water partition coefficient (Wildman–Crippen LogP) is 2.19. The van der Waals surface area contributed by atoms with E-state index >= 15 is 0 Å². The molecule has 0 saturated carbocycles. The van der Waals surface area contributed by atoms with Crippen LogP contribution in [0.25, 0.3) is 10.2 Å². The van der Waals surface area contributed by atoms with Gasteiger partial charge in [-0.2, -0.15) is 0 Å². The van der Waals surface area contributed by atoms with E-state index in [-0.39, 0.29) is 6.04 Å². The van der Waals surface area contributed by atoms with Crippen LogP contribution in [0.4, 0.5) is 0 Å². The maximum atomic E-state index is 5.71. The number of hydrogen-bond donors (Lipinski definition) is 1. The molecule has 3 heteroatoms. The zero-order valence-corrected chi connectivity index (χ0v) is 8.34. The molecule has 0 radical (unpaired) electrons. The summed E-state index contributed by atoms with van der Waals surface area (Å²) in [6.45, 7) is 2.01. The molecule has 2 N–H and O–H groups in total. The number of thiazole rings is 1. The number of rotatable bonds is 2. The lowest BCUT2D eigenvalue weighted by Crippen LogP contribution is -2.17. The van der Waals surface area contributed by atoms with E-state index < -0.39 is 0 Å². The third-order valence-corrected chi connectivity index (χ3v) is 2.89. The topological polar surface area (TPSA) is 38.9 Å². The summed E-state index contributed by atoms with van der Waals surface area (Å²) in [6.07, 6.45) is 0.874. The van der Waals surface area contributed by atoms with Crippen molar-refractivity contribution < 1.29 is 0 Å². The van der Waals surface area contributed by atoms with Crippen molar-refractivity contribution in [3.63, 3.8) is 0 Å². The minimum atomic E-state index is 0.195. The Morgan fingerprint density at radius 1 is 1.46 bits per heavy atom. The summed E-state index contributed by atoms with van der Waals surface area (Å²) < 4.78 is 1.25. The first-order chi connectivity index (χ1) is 6.25. The standard InChI is InChI=1S/C10H12N2S/c1-7(11)6-10-12-8-4-2-3-5-9(8)13-10/h2-5,7H,6,11H2,1H3/t7-/m1/s1. The fourth-order valence-electron chi connectivity index (χ4n) is 1.28. The number of aromatic nitrogens is 1. The van der Waals surface area contributed by atoms with Crippen LogP contribution >= 0.6 is 11.3 Å². The Hall–Kier alpha value is -0.930. The number of nitrogens with two attached hydrogens (primary N) is 1. The lowest BCUT2D eigenvalue weighted by molar-refractivity contribution is 0.735. The van der Waals surface area contributed by atoms with Gasteiger partial charge in [-0.3, -0.25) is 0 Å². The van der Waals surface area contributed by atoms with Gasteiger partial charge in [-0.05, 0) is 19.1 Å². The summed E-state index contributed by atoms with van der Waals surface area (Å²) in [5.41, 5.74) is 6.80. The van der Waals surface area contributed by atoms with Crippen LogP contribution in [0, 0.1) is 0 Å². The number of hydrogen-bond acceptors (Lipinski definition) is 3. The van der Waals surface area contributed by atoms with Gasteiger partial charge in [0.15, 0.2) is 0 Å². The number of para-hydroxylation sites is 1. The molecule has 0 unspecified atom stereocenters. The van der Waals surface area contributed by atoms with E-state index in [1.165, 1.54) is 4.70 Å². The van der Waals surface area contributed by atoms with Crippen molar-refractivity contribution in [3.05, 3.63) is 29.3 Å². The second-order valence-electron chi connectivity index (χ2n) is 3.26. The molecule has 0 spiro atoms. The van der Waals surface area contributed by atoms with Crippen LogP contribution in [0.1, 0.15) is 11.9 Å². The van der Waals surface area contributed by atoms with Gasteiger partial charge in [0.2, 0.25) is 0 Å². The fourth-order valence-corrected chi connectivity index (χ4v) is 2.39. The van der Waals surface area contributed by atoms with E-state index in [9.17, 15) is 0 Å². The summed E-state index contributed by atoms with van der Waals surface area (Å²) in [4.78, 5) is 4.49. The third kappa shape index (κ3) is 1.87. The fraction of sp³-hybridized carbons (Fsp3) is 0.300. The largest absolute Gasteiger partial charge is 0.328 e. The van der Waals surface area contributed by atoms with E-state index in [1.54, 1.807) is 11.3 Å². The molecule has 0 amide bonds. The van der Waals surface area contributed by atoms with Crippen LogP contribution in [0.15, 0.2) is 24.3 Å². The average Bonchev–Trinajstić information content (AvgIpc) is 2.44. The Bertz CT molecular complexity index is 373. The normalized spacial score (nSPS) is 13.4. The minimum absolute atomic E-state index is 0.195. The zero-order chi connectivity index (χ0) is 9.26. The van der Waals surface area contributed by atoms with Crippen LogP contribution < -0.4 is 5.73 Å². The molecule has 0 aliphatic carbocycles. The molecule has 2 rings (SSSR count). The lowest BCUT2D eigenvalue weighted by Gasteiger charge is -1.98. The van der Waals surface area contributed by atoms with E-state index in [4.69, 9.17) is 5.73 Å². The highest BCUT2D eigenvalue weighted by atomic mass is 32.1. The van der Waals surface area contributed by atoms with Crippen molar-refractivity contribution in [1.82, 2.24) is 4.98 Å². The maximum absolute atomic E-state index is 5.71. The van der Waals surface area contributed by atoms with Gasteiger partial charge in [-0.15, -0.1) is 11.3 Å². The van der Waals surface area contributed by atoms with Crippen LogP contribution in [0.3, 0.4) is 0 Å². The molecular weight excluding hydrogens is 180 g/mol. The van der Waals surface area contributed by atoms with Gasteiger partial charge < -0.3 is 5.73 Å². The van der Waals surface area contributed by atoms with Gasteiger partial charge >= 0.3 is 0 Å². The van der Waals surface area contributed by atoms with Crippen LogP contribution in [0.2, 0.25) is 0 Å². The monoisotopic (exact) mass is 192 g/mol. The summed E-state index contributed by atoms with van der Waals surface area (Å²) in [5, 5.41) is 1.14. The quantitative estimate of drug-likeness (QED) is 0.792. The van der Waals surface area contributed by atoms with Crippen molar-refractivity contribution in [2.75, 3.05) is 0 Å². The molecule has 0 aliphatic rings. The highest BCUT2D eigenvalue weighted by Crippen LogP contribution is 2.21. The predicted molar refractivity (Wildman–Crippen MR) is 57.0 cm³/mol. The summed E-state index contributed by atoms with van der Waals surface area (Å²) in [7, 11) is 0. The van der Waals surface area contributed by atoms with Gasteiger partial charge in [0, 0.05) is 12.5 Å². The molecule has 0 bridgehead atoms. The zero-order valence-electron chi connectivity index (χ0n) is 7.53. The molecule has 0 aliphatic heterocycles. The van der Waals surface area contributed by atoms with Crippen molar-refractivity contribution in [1.29, 1.82) is 0 Å². The molecule has 13 heavy (non-hydrogen) atoms. The molecule has 1 aromatic heterocycles. The molecule has 68 valence electrons. The summed E-state index contributed by atoms with van der Waals surface area (Å²) >= 11 is 1.73. The Kier molecular flexibility index (Phi) is 2.29. The van der Waals surface area contributed by atoms with Crippen molar-refractivity contribution in [3.8, 4) is 0 Å². The summed E-state index contributed by atoms with van der Waals surface area (Å²) in [5.74, 6) is 0. The minimum Gasteiger partial charge on any atom is -0.328 e. The van der Waals surface area contributed by atoms with Gasteiger partial charge in [-0.1, -0.05) is 12.1 Å². The highest BCUT2D eigenvalue weighted by Gasteiger charge is 2.04. The second kappa shape index (κ2) is 3.44.